The molecule has 3 rings (SSSR count). The van der Waals surface area contributed by atoms with Gasteiger partial charge in [-0.25, -0.2) is 0 Å². The Balaban J connectivity index is 1.90. The molecule has 0 amide bonds. The first kappa shape index (κ1) is 17.9. The van der Waals surface area contributed by atoms with Crippen molar-refractivity contribution < 1.29 is 17.9 Å². The fraction of sp³-hybridized carbons (Fsp3) is 0.500. The molecule has 1 fully saturated rings. The highest BCUT2D eigenvalue weighted by Crippen LogP contribution is 2.38. The summed E-state index contributed by atoms with van der Waals surface area (Å²) in [6.45, 7) is 6.92. The van der Waals surface area contributed by atoms with Crippen molar-refractivity contribution in [2.45, 2.75) is 26.1 Å². The van der Waals surface area contributed by atoms with E-state index in [-0.39, 0.29) is 11.6 Å². The van der Waals surface area contributed by atoms with Gasteiger partial charge in [0.15, 0.2) is 5.69 Å². The number of aryl methyl sites for hydroxylation is 1. The Morgan fingerprint density at radius 3 is 2.28 bits per heavy atom. The summed E-state index contributed by atoms with van der Waals surface area (Å²) in [6.07, 6.45) is -4.47. The summed E-state index contributed by atoms with van der Waals surface area (Å²) in [5, 5.41) is 3.66. The zero-order chi connectivity index (χ0) is 18.2. The molecule has 1 atom stereocenters. The van der Waals surface area contributed by atoms with Crippen LogP contribution in [0.15, 0.2) is 24.3 Å². The van der Waals surface area contributed by atoms with Gasteiger partial charge in [0.1, 0.15) is 0 Å². The summed E-state index contributed by atoms with van der Waals surface area (Å²) in [5.41, 5.74) is 1.44. The van der Waals surface area contributed by atoms with E-state index in [9.17, 15) is 13.2 Å². The van der Waals surface area contributed by atoms with E-state index in [4.69, 9.17) is 4.74 Å². The fourth-order valence-electron chi connectivity index (χ4n) is 3.26. The molecule has 1 aliphatic rings. The van der Waals surface area contributed by atoms with Gasteiger partial charge in [-0.15, -0.1) is 0 Å². The monoisotopic (exact) mass is 353 g/mol. The average molecular weight is 353 g/mol. The smallest absolute Gasteiger partial charge is 0.379 e. The van der Waals surface area contributed by atoms with Crippen molar-refractivity contribution in [2.75, 3.05) is 26.3 Å². The molecule has 1 aromatic carbocycles. The predicted molar refractivity (Wildman–Crippen MR) is 89.2 cm³/mol. The van der Waals surface area contributed by atoms with Crippen molar-refractivity contribution in [1.82, 2.24) is 14.7 Å². The summed E-state index contributed by atoms with van der Waals surface area (Å²) < 4.78 is 46.5. The maximum absolute atomic E-state index is 13.3. The van der Waals surface area contributed by atoms with E-state index in [1.807, 2.05) is 12.1 Å². The number of nitrogens with zero attached hydrogens (tertiary/aromatic N) is 3. The Morgan fingerprint density at radius 2 is 1.72 bits per heavy atom. The van der Waals surface area contributed by atoms with Crippen molar-refractivity contribution in [3.63, 3.8) is 0 Å². The van der Waals surface area contributed by atoms with E-state index < -0.39 is 11.9 Å². The third-order valence-electron chi connectivity index (χ3n) is 4.88. The number of alkyl halides is 3. The maximum atomic E-state index is 13.3. The average Bonchev–Trinajstić information content (AvgIpc) is 2.91. The SMILES string of the molecule is Cc1c(-c2ccc([C@@H](C)N3CCOCC3)cc2)c(C(F)(F)F)nn1C. The Labute approximate surface area is 145 Å². The highest BCUT2D eigenvalue weighted by Gasteiger charge is 2.38. The van der Waals surface area contributed by atoms with Crippen LogP contribution in [0, 0.1) is 6.92 Å². The van der Waals surface area contributed by atoms with Crippen LogP contribution in [-0.2, 0) is 18.0 Å². The van der Waals surface area contributed by atoms with Gasteiger partial charge in [-0.3, -0.25) is 9.58 Å². The summed E-state index contributed by atoms with van der Waals surface area (Å²) in [7, 11) is 1.53. The lowest BCUT2D eigenvalue weighted by Gasteiger charge is -2.32. The Kier molecular flexibility index (Phi) is 4.88. The van der Waals surface area contributed by atoms with E-state index in [1.54, 1.807) is 19.1 Å². The van der Waals surface area contributed by atoms with Gasteiger partial charge in [0, 0.05) is 37.4 Å². The van der Waals surface area contributed by atoms with Crippen molar-refractivity contribution in [3.05, 3.63) is 41.2 Å². The number of benzene rings is 1. The first-order chi connectivity index (χ1) is 11.8. The summed E-state index contributed by atoms with van der Waals surface area (Å²) >= 11 is 0. The summed E-state index contributed by atoms with van der Waals surface area (Å²) in [6, 6.07) is 7.52. The van der Waals surface area contributed by atoms with Crippen LogP contribution in [0.1, 0.15) is 29.9 Å². The van der Waals surface area contributed by atoms with Gasteiger partial charge in [-0.05, 0) is 25.0 Å². The van der Waals surface area contributed by atoms with Crippen LogP contribution in [0.4, 0.5) is 13.2 Å². The minimum absolute atomic E-state index is 0.153. The van der Waals surface area contributed by atoms with E-state index in [0.717, 1.165) is 18.7 Å². The van der Waals surface area contributed by atoms with Crippen LogP contribution in [0.5, 0.6) is 0 Å². The lowest BCUT2D eigenvalue weighted by atomic mass is 9.99. The molecular weight excluding hydrogens is 331 g/mol. The molecule has 2 heterocycles. The topological polar surface area (TPSA) is 30.3 Å². The van der Waals surface area contributed by atoms with Gasteiger partial charge >= 0.3 is 6.18 Å². The molecule has 2 aromatic rings. The lowest BCUT2D eigenvalue weighted by molar-refractivity contribution is -0.140. The molecule has 1 aliphatic heterocycles. The molecule has 0 radical (unpaired) electrons. The largest absolute Gasteiger partial charge is 0.435 e. The number of rotatable bonds is 3. The van der Waals surface area contributed by atoms with Gasteiger partial charge < -0.3 is 4.74 Å². The van der Waals surface area contributed by atoms with Crippen LogP contribution in [0.3, 0.4) is 0 Å². The molecule has 0 bridgehead atoms. The van der Waals surface area contributed by atoms with E-state index in [2.05, 4.69) is 16.9 Å². The van der Waals surface area contributed by atoms with Crippen molar-refractivity contribution in [2.24, 2.45) is 7.05 Å². The molecule has 25 heavy (non-hydrogen) atoms. The number of ether oxygens (including phenoxy) is 1. The zero-order valence-electron chi connectivity index (χ0n) is 14.6. The quantitative estimate of drug-likeness (QED) is 0.841. The maximum Gasteiger partial charge on any atom is 0.435 e. The van der Waals surface area contributed by atoms with Crippen LogP contribution < -0.4 is 0 Å². The third kappa shape index (κ3) is 3.57. The Bertz CT molecular complexity index is 731. The zero-order valence-corrected chi connectivity index (χ0v) is 14.6. The van der Waals surface area contributed by atoms with Crippen LogP contribution in [0.2, 0.25) is 0 Å². The normalized spacial score (nSPS) is 17.7. The first-order valence-electron chi connectivity index (χ1n) is 8.32. The Hall–Kier alpha value is -1.86. The van der Waals surface area contributed by atoms with Crippen molar-refractivity contribution in [3.8, 4) is 11.1 Å². The van der Waals surface area contributed by atoms with E-state index in [1.165, 1.54) is 11.7 Å². The number of hydrogen-bond donors (Lipinski definition) is 0. The van der Waals surface area contributed by atoms with Gasteiger partial charge in [-0.1, -0.05) is 24.3 Å². The summed E-state index contributed by atoms with van der Waals surface area (Å²) in [5.74, 6) is 0. The molecule has 0 saturated carbocycles. The van der Waals surface area contributed by atoms with Crippen LogP contribution >= 0.6 is 0 Å². The first-order valence-corrected chi connectivity index (χ1v) is 8.32. The molecule has 0 unspecified atom stereocenters. The standard InChI is InChI=1S/C18H22F3N3O/c1-12(24-8-10-25-11-9-24)14-4-6-15(7-5-14)16-13(2)23(3)22-17(16)18(19,20)21/h4-7,12H,8-11H2,1-3H3/t12-/m1/s1. The molecule has 1 aromatic heterocycles. The second-order valence-corrected chi connectivity index (χ2v) is 6.38. The molecule has 1 saturated heterocycles. The van der Waals surface area contributed by atoms with E-state index in [0.29, 0.717) is 24.5 Å². The minimum Gasteiger partial charge on any atom is -0.379 e. The fourth-order valence-corrected chi connectivity index (χ4v) is 3.26. The van der Waals surface area contributed by atoms with Crippen molar-refractivity contribution >= 4 is 0 Å². The predicted octanol–water partition coefficient (Wildman–Crippen LogP) is 3.81. The van der Waals surface area contributed by atoms with Crippen LogP contribution in [-0.4, -0.2) is 41.0 Å². The molecule has 0 aliphatic carbocycles. The lowest BCUT2D eigenvalue weighted by Crippen LogP contribution is -2.37. The molecule has 136 valence electrons. The van der Waals surface area contributed by atoms with E-state index >= 15 is 0 Å². The number of aromatic nitrogens is 2. The van der Waals surface area contributed by atoms with Gasteiger partial charge in [0.25, 0.3) is 0 Å². The number of halogens is 3. The molecule has 7 heteroatoms. The summed E-state index contributed by atoms with van der Waals surface area (Å²) in [4.78, 5) is 2.31. The number of hydrogen-bond acceptors (Lipinski definition) is 3. The highest BCUT2D eigenvalue weighted by atomic mass is 19.4. The minimum atomic E-state index is -4.47. The Morgan fingerprint density at radius 1 is 1.12 bits per heavy atom. The van der Waals surface area contributed by atoms with Crippen molar-refractivity contribution in [1.29, 1.82) is 0 Å². The van der Waals surface area contributed by atoms with Crippen LogP contribution in [0.25, 0.3) is 11.1 Å². The molecule has 0 N–H and O–H groups in total. The molecule has 0 spiro atoms. The molecule has 4 nitrogen and oxygen atoms in total. The van der Waals surface area contributed by atoms with Gasteiger partial charge in [-0.2, -0.15) is 18.3 Å². The molecular formula is C18H22F3N3O. The van der Waals surface area contributed by atoms with Gasteiger partial charge in [0.2, 0.25) is 0 Å². The number of morpholine rings is 1. The highest BCUT2D eigenvalue weighted by molar-refractivity contribution is 5.69. The van der Waals surface area contributed by atoms with Gasteiger partial charge in [0.05, 0.1) is 13.2 Å². The second kappa shape index (κ2) is 6.80. The third-order valence-corrected chi connectivity index (χ3v) is 4.88. The second-order valence-electron chi connectivity index (χ2n) is 6.38.